The van der Waals surface area contributed by atoms with E-state index in [0.717, 1.165) is 31.5 Å². The number of hydrogen-bond acceptors (Lipinski definition) is 4. The molecule has 0 amide bonds. The molecule has 0 aliphatic carbocycles. The average molecular weight is 334 g/mol. The molecule has 1 aliphatic rings. The molecule has 1 unspecified atom stereocenters. The summed E-state index contributed by atoms with van der Waals surface area (Å²) < 4.78 is 5.57. The zero-order chi connectivity index (χ0) is 17.1. The van der Waals surface area contributed by atoms with Crippen molar-refractivity contribution < 1.29 is 9.52 Å². The van der Waals surface area contributed by atoms with Gasteiger partial charge in [-0.05, 0) is 29.5 Å². The third kappa shape index (κ3) is 3.65. The highest BCUT2D eigenvalue weighted by molar-refractivity contribution is 5.63. The van der Waals surface area contributed by atoms with Crippen LogP contribution in [-0.2, 0) is 6.42 Å². The first-order chi connectivity index (χ1) is 12.3. The third-order valence-corrected chi connectivity index (χ3v) is 4.74. The molecule has 4 nitrogen and oxygen atoms in total. The Bertz CT molecular complexity index is 805. The van der Waals surface area contributed by atoms with E-state index in [2.05, 4.69) is 41.4 Å². The summed E-state index contributed by atoms with van der Waals surface area (Å²) in [7, 11) is 0. The van der Waals surface area contributed by atoms with Gasteiger partial charge in [-0.25, -0.2) is 4.98 Å². The van der Waals surface area contributed by atoms with Gasteiger partial charge in [0.05, 0.1) is 0 Å². The van der Waals surface area contributed by atoms with Gasteiger partial charge in [-0.15, -0.1) is 0 Å². The largest absolute Gasteiger partial charge is 0.448 e. The van der Waals surface area contributed by atoms with Crippen LogP contribution in [0, 0.1) is 0 Å². The Morgan fingerprint density at radius 3 is 2.36 bits per heavy atom. The van der Waals surface area contributed by atoms with Gasteiger partial charge in [0.25, 0.3) is 0 Å². The lowest BCUT2D eigenvalue weighted by Gasteiger charge is -2.19. The minimum absolute atomic E-state index is 0.609. The summed E-state index contributed by atoms with van der Waals surface area (Å²) in [5, 5.41) is 10.4. The number of aliphatic hydroxyl groups excluding tert-OH is 1. The molecule has 1 N–H and O–H groups in total. The van der Waals surface area contributed by atoms with E-state index >= 15 is 0 Å². The Labute approximate surface area is 147 Å². The second-order valence-electron chi connectivity index (χ2n) is 6.52. The summed E-state index contributed by atoms with van der Waals surface area (Å²) in [5.41, 5.74) is 4.16. The maximum absolute atomic E-state index is 10.4. The summed E-state index contributed by atoms with van der Waals surface area (Å²) in [4.78, 5) is 6.51. The van der Waals surface area contributed by atoms with Crippen LogP contribution in [0.5, 0.6) is 0 Å². The highest BCUT2D eigenvalue weighted by atomic mass is 16.3. The summed E-state index contributed by atoms with van der Waals surface area (Å²) in [5.74, 6) is 0.640. The molecule has 1 aliphatic heterocycles. The highest BCUT2D eigenvalue weighted by Crippen LogP contribution is 2.24. The molecule has 3 aromatic rings. The molecule has 1 saturated heterocycles. The predicted octanol–water partition coefficient (Wildman–Crippen LogP) is 4.02. The van der Waals surface area contributed by atoms with Gasteiger partial charge in [0.15, 0.2) is 12.1 Å². The summed E-state index contributed by atoms with van der Waals surface area (Å²) >= 11 is 0. The lowest BCUT2D eigenvalue weighted by molar-refractivity contribution is 0.0155. The highest BCUT2D eigenvalue weighted by Gasteiger charge is 2.23. The molecule has 4 heteroatoms. The molecule has 25 heavy (non-hydrogen) atoms. The van der Waals surface area contributed by atoms with Gasteiger partial charge in [-0.2, -0.15) is 0 Å². The fraction of sp³-hybridized carbons (Fsp3) is 0.286. The van der Waals surface area contributed by atoms with E-state index in [9.17, 15) is 5.11 Å². The summed E-state index contributed by atoms with van der Waals surface area (Å²) in [6.07, 6.45) is 3.82. The topological polar surface area (TPSA) is 49.5 Å². The Hall–Kier alpha value is -2.43. The molecular weight excluding hydrogens is 312 g/mol. The monoisotopic (exact) mass is 334 g/mol. The summed E-state index contributed by atoms with van der Waals surface area (Å²) in [6, 6.07) is 18.8. The second kappa shape index (κ2) is 7.21. The number of nitrogens with zero attached hydrogens (tertiary/aromatic N) is 2. The van der Waals surface area contributed by atoms with Crippen LogP contribution in [0.4, 0.5) is 0 Å². The number of rotatable bonds is 5. The van der Waals surface area contributed by atoms with E-state index in [1.54, 1.807) is 6.26 Å². The first kappa shape index (κ1) is 16.1. The van der Waals surface area contributed by atoms with Crippen molar-refractivity contribution in [1.29, 1.82) is 0 Å². The van der Waals surface area contributed by atoms with Crippen molar-refractivity contribution in [2.45, 2.75) is 25.5 Å². The first-order valence-corrected chi connectivity index (χ1v) is 8.80. The standard InChI is InChI=1S/C21H22N2O2/c24-21(23-12-4-5-13-23)19-15-25-20(22-19)14-16-8-10-18(11-9-16)17-6-2-1-3-7-17/h1-3,6-11,15,21,24H,4-5,12-14H2. The number of aliphatic hydroxyl groups is 1. The van der Waals surface area contributed by atoms with Crippen LogP contribution < -0.4 is 0 Å². The van der Waals surface area contributed by atoms with Crippen LogP contribution in [0.25, 0.3) is 11.1 Å². The molecule has 0 bridgehead atoms. The molecule has 1 aromatic heterocycles. The van der Waals surface area contributed by atoms with E-state index in [1.807, 2.05) is 23.1 Å². The maximum Gasteiger partial charge on any atom is 0.198 e. The fourth-order valence-corrected chi connectivity index (χ4v) is 3.32. The molecule has 0 saturated carbocycles. The zero-order valence-corrected chi connectivity index (χ0v) is 14.1. The molecular formula is C21H22N2O2. The van der Waals surface area contributed by atoms with Gasteiger partial charge in [0.1, 0.15) is 12.0 Å². The van der Waals surface area contributed by atoms with Crippen LogP contribution in [0.3, 0.4) is 0 Å². The molecule has 128 valence electrons. The van der Waals surface area contributed by atoms with E-state index in [-0.39, 0.29) is 0 Å². The van der Waals surface area contributed by atoms with Crippen LogP contribution >= 0.6 is 0 Å². The zero-order valence-electron chi connectivity index (χ0n) is 14.1. The average Bonchev–Trinajstić information content (AvgIpc) is 3.35. The molecule has 2 heterocycles. The fourth-order valence-electron chi connectivity index (χ4n) is 3.32. The second-order valence-corrected chi connectivity index (χ2v) is 6.52. The number of hydrogen-bond donors (Lipinski definition) is 1. The quantitative estimate of drug-likeness (QED) is 0.766. The van der Waals surface area contributed by atoms with Crippen molar-refractivity contribution in [3.8, 4) is 11.1 Å². The Morgan fingerprint density at radius 1 is 0.960 bits per heavy atom. The van der Waals surface area contributed by atoms with Crippen molar-refractivity contribution in [1.82, 2.24) is 9.88 Å². The van der Waals surface area contributed by atoms with Crippen molar-refractivity contribution >= 4 is 0 Å². The van der Waals surface area contributed by atoms with Crippen LogP contribution in [0.2, 0.25) is 0 Å². The van der Waals surface area contributed by atoms with Gasteiger partial charge in [0, 0.05) is 19.5 Å². The van der Waals surface area contributed by atoms with Crippen LogP contribution in [0.15, 0.2) is 65.3 Å². The first-order valence-electron chi connectivity index (χ1n) is 8.80. The van der Waals surface area contributed by atoms with Gasteiger partial charge >= 0.3 is 0 Å². The smallest absolute Gasteiger partial charge is 0.198 e. The number of likely N-dealkylation sites (tertiary alicyclic amines) is 1. The van der Waals surface area contributed by atoms with E-state index < -0.39 is 6.23 Å². The maximum atomic E-state index is 10.4. The van der Waals surface area contributed by atoms with E-state index in [1.165, 1.54) is 11.1 Å². The van der Waals surface area contributed by atoms with Gasteiger partial charge < -0.3 is 9.52 Å². The lowest BCUT2D eigenvalue weighted by atomic mass is 10.0. The van der Waals surface area contributed by atoms with Crippen molar-refractivity contribution in [3.05, 3.63) is 78.0 Å². The molecule has 1 atom stereocenters. The Morgan fingerprint density at radius 2 is 1.64 bits per heavy atom. The Balaban J connectivity index is 1.44. The van der Waals surface area contributed by atoms with Crippen LogP contribution in [0.1, 0.15) is 36.2 Å². The van der Waals surface area contributed by atoms with E-state index in [0.29, 0.717) is 18.0 Å². The summed E-state index contributed by atoms with van der Waals surface area (Å²) in [6.45, 7) is 1.84. The predicted molar refractivity (Wildman–Crippen MR) is 97.0 cm³/mol. The van der Waals surface area contributed by atoms with E-state index in [4.69, 9.17) is 4.42 Å². The van der Waals surface area contributed by atoms with Crippen molar-refractivity contribution in [3.63, 3.8) is 0 Å². The van der Waals surface area contributed by atoms with Crippen molar-refractivity contribution in [2.24, 2.45) is 0 Å². The van der Waals surface area contributed by atoms with Gasteiger partial charge in [-0.1, -0.05) is 54.6 Å². The Kier molecular flexibility index (Phi) is 4.63. The SMILES string of the molecule is OC(c1coc(Cc2ccc(-c3ccccc3)cc2)n1)N1CCCC1. The van der Waals surface area contributed by atoms with Crippen molar-refractivity contribution in [2.75, 3.05) is 13.1 Å². The number of benzene rings is 2. The number of aromatic nitrogens is 1. The van der Waals surface area contributed by atoms with Gasteiger partial charge in [0.2, 0.25) is 0 Å². The number of oxazole rings is 1. The molecule has 0 radical (unpaired) electrons. The molecule has 2 aromatic carbocycles. The van der Waals surface area contributed by atoms with Gasteiger partial charge in [-0.3, -0.25) is 4.90 Å². The molecule has 4 rings (SSSR count). The van der Waals surface area contributed by atoms with Crippen LogP contribution in [-0.4, -0.2) is 28.1 Å². The lowest BCUT2D eigenvalue weighted by Crippen LogP contribution is -2.25. The molecule has 0 spiro atoms. The third-order valence-electron chi connectivity index (χ3n) is 4.74. The molecule has 1 fully saturated rings. The normalized spacial score (nSPS) is 16.2. The minimum atomic E-state index is -0.652. The minimum Gasteiger partial charge on any atom is -0.448 e.